The summed E-state index contributed by atoms with van der Waals surface area (Å²) in [4.78, 5) is 21.0. The molecule has 1 aliphatic rings. The molecule has 0 spiro atoms. The predicted octanol–water partition coefficient (Wildman–Crippen LogP) is 3.38. The molecule has 0 saturated carbocycles. The molecule has 5 nitrogen and oxygen atoms in total. The molecule has 8 heteroatoms. The molecule has 0 aliphatic carbocycles. The molecule has 1 atom stereocenters. The molecule has 1 aromatic carbocycles. The van der Waals surface area contributed by atoms with E-state index in [-0.39, 0.29) is 43.1 Å². The van der Waals surface area contributed by atoms with E-state index in [0.29, 0.717) is 12.5 Å². The number of hydrogen-bond donors (Lipinski definition) is 1. The second-order valence-electron chi connectivity index (χ2n) is 6.30. The van der Waals surface area contributed by atoms with Gasteiger partial charge in [-0.1, -0.05) is 18.2 Å². The number of carbonyl (C=O) groups excluding carboxylic acids is 1. The van der Waals surface area contributed by atoms with Crippen molar-refractivity contribution in [3.63, 3.8) is 0 Å². The number of nitrogen functional groups attached to an aromatic ring is 1. The van der Waals surface area contributed by atoms with Gasteiger partial charge in [-0.15, -0.1) is 37.2 Å². The molecule has 1 saturated heterocycles. The molecule has 27 heavy (non-hydrogen) atoms. The van der Waals surface area contributed by atoms with Gasteiger partial charge in [-0.25, -0.2) is 0 Å². The quantitative estimate of drug-likeness (QED) is 0.751. The molecule has 2 N–H and O–H groups in total. The Morgan fingerprint density at radius 2 is 1.70 bits per heavy atom. The van der Waals surface area contributed by atoms with Gasteiger partial charge in [-0.3, -0.25) is 14.7 Å². The van der Waals surface area contributed by atoms with Crippen molar-refractivity contribution < 1.29 is 4.79 Å². The Morgan fingerprint density at radius 3 is 2.26 bits per heavy atom. The Hall–Kier alpha value is -1.53. The number of halogens is 3. The molecule has 2 aromatic rings. The summed E-state index contributed by atoms with van der Waals surface area (Å²) in [7, 11) is 0. The van der Waals surface area contributed by atoms with Gasteiger partial charge in [-0.2, -0.15) is 0 Å². The highest BCUT2D eigenvalue weighted by Gasteiger charge is 2.24. The van der Waals surface area contributed by atoms with Gasteiger partial charge < -0.3 is 10.6 Å². The summed E-state index contributed by atoms with van der Waals surface area (Å²) in [5.74, 6) is 0.188. The van der Waals surface area contributed by atoms with E-state index in [1.54, 1.807) is 6.20 Å². The topological polar surface area (TPSA) is 62.5 Å². The van der Waals surface area contributed by atoms with Crippen LogP contribution in [0.25, 0.3) is 0 Å². The van der Waals surface area contributed by atoms with Crippen LogP contribution in [0.2, 0.25) is 0 Å². The predicted molar refractivity (Wildman–Crippen MR) is 117 cm³/mol. The highest BCUT2D eigenvalue weighted by molar-refractivity contribution is 5.86. The summed E-state index contributed by atoms with van der Waals surface area (Å²) >= 11 is 0. The SMILES string of the molecule is CC(c1cccnc1)N1CCN(C(=O)Cc2ccc(N)cc2)CC1.Cl.Cl.Cl. The molecule has 0 radical (unpaired) electrons. The minimum atomic E-state index is 0. The lowest BCUT2D eigenvalue weighted by molar-refractivity contribution is -0.132. The third kappa shape index (κ3) is 6.85. The monoisotopic (exact) mass is 432 g/mol. The van der Waals surface area contributed by atoms with Crippen molar-refractivity contribution in [2.45, 2.75) is 19.4 Å². The van der Waals surface area contributed by atoms with Crippen molar-refractivity contribution in [1.29, 1.82) is 0 Å². The number of piperazine rings is 1. The first-order valence-electron chi connectivity index (χ1n) is 8.39. The summed E-state index contributed by atoms with van der Waals surface area (Å²) < 4.78 is 0. The van der Waals surface area contributed by atoms with Crippen LogP contribution in [0.5, 0.6) is 0 Å². The number of hydrogen-bond acceptors (Lipinski definition) is 4. The number of carbonyl (C=O) groups is 1. The lowest BCUT2D eigenvalue weighted by atomic mass is 10.1. The average Bonchev–Trinajstić information content (AvgIpc) is 2.64. The van der Waals surface area contributed by atoms with E-state index in [2.05, 4.69) is 22.9 Å². The molecule has 2 heterocycles. The second-order valence-corrected chi connectivity index (χ2v) is 6.30. The van der Waals surface area contributed by atoms with E-state index < -0.39 is 0 Å². The number of anilines is 1. The van der Waals surface area contributed by atoms with Crippen molar-refractivity contribution in [3.8, 4) is 0 Å². The van der Waals surface area contributed by atoms with E-state index in [9.17, 15) is 4.79 Å². The summed E-state index contributed by atoms with van der Waals surface area (Å²) in [6.07, 6.45) is 4.16. The van der Waals surface area contributed by atoms with Crippen LogP contribution >= 0.6 is 37.2 Å². The van der Waals surface area contributed by atoms with Crippen molar-refractivity contribution in [1.82, 2.24) is 14.8 Å². The standard InChI is InChI=1S/C19H24N4O.3ClH/c1-15(17-3-2-8-21-14-17)22-9-11-23(12-10-22)19(24)13-16-4-6-18(20)7-5-16;;;/h2-8,14-15H,9-13,20H2,1H3;3*1H. The molecule has 0 bridgehead atoms. The summed E-state index contributed by atoms with van der Waals surface area (Å²) in [6, 6.07) is 11.9. The fraction of sp³-hybridized carbons (Fsp3) is 0.368. The molecule has 1 amide bonds. The Labute approximate surface area is 179 Å². The van der Waals surface area contributed by atoms with E-state index in [1.165, 1.54) is 5.56 Å². The van der Waals surface area contributed by atoms with Crippen LogP contribution < -0.4 is 5.73 Å². The maximum atomic E-state index is 12.5. The van der Waals surface area contributed by atoms with Crippen LogP contribution in [0.4, 0.5) is 5.69 Å². The highest BCUT2D eigenvalue weighted by atomic mass is 35.5. The Balaban J connectivity index is 0.00000225. The zero-order chi connectivity index (χ0) is 16.9. The lowest BCUT2D eigenvalue weighted by Crippen LogP contribution is -2.49. The Morgan fingerprint density at radius 1 is 1.07 bits per heavy atom. The smallest absolute Gasteiger partial charge is 0.227 e. The molecular formula is C19H27Cl3N4O. The largest absolute Gasteiger partial charge is 0.399 e. The van der Waals surface area contributed by atoms with E-state index in [0.717, 1.165) is 37.4 Å². The van der Waals surface area contributed by atoms with Gasteiger partial charge in [0.2, 0.25) is 5.91 Å². The van der Waals surface area contributed by atoms with Gasteiger partial charge in [0, 0.05) is 50.3 Å². The van der Waals surface area contributed by atoms with E-state index >= 15 is 0 Å². The van der Waals surface area contributed by atoms with Crippen LogP contribution in [0.3, 0.4) is 0 Å². The van der Waals surface area contributed by atoms with Crippen molar-refractivity contribution in [3.05, 3.63) is 59.9 Å². The summed E-state index contributed by atoms with van der Waals surface area (Å²) in [6.45, 7) is 5.53. The van der Waals surface area contributed by atoms with Gasteiger partial charge in [0.25, 0.3) is 0 Å². The van der Waals surface area contributed by atoms with E-state index in [4.69, 9.17) is 5.73 Å². The first-order valence-corrected chi connectivity index (χ1v) is 8.39. The van der Waals surface area contributed by atoms with Gasteiger partial charge in [0.1, 0.15) is 0 Å². The zero-order valence-electron chi connectivity index (χ0n) is 15.3. The fourth-order valence-corrected chi connectivity index (χ4v) is 3.11. The van der Waals surface area contributed by atoms with Crippen molar-refractivity contribution >= 4 is 48.8 Å². The van der Waals surface area contributed by atoms with Gasteiger partial charge >= 0.3 is 0 Å². The minimum absolute atomic E-state index is 0. The summed E-state index contributed by atoms with van der Waals surface area (Å²) in [5.41, 5.74) is 8.65. The number of nitrogens with zero attached hydrogens (tertiary/aromatic N) is 3. The van der Waals surface area contributed by atoms with Crippen LogP contribution in [0.1, 0.15) is 24.1 Å². The summed E-state index contributed by atoms with van der Waals surface area (Å²) in [5, 5.41) is 0. The van der Waals surface area contributed by atoms with Crippen LogP contribution in [-0.4, -0.2) is 46.9 Å². The number of pyridine rings is 1. The second kappa shape index (κ2) is 12.0. The number of nitrogens with two attached hydrogens (primary N) is 1. The maximum absolute atomic E-state index is 12.5. The third-order valence-electron chi connectivity index (χ3n) is 4.72. The van der Waals surface area contributed by atoms with Gasteiger partial charge in [0.05, 0.1) is 6.42 Å². The van der Waals surface area contributed by atoms with Crippen LogP contribution in [-0.2, 0) is 11.2 Å². The van der Waals surface area contributed by atoms with Gasteiger partial charge in [-0.05, 0) is 36.2 Å². The van der Waals surface area contributed by atoms with Crippen LogP contribution in [0, 0.1) is 0 Å². The number of rotatable bonds is 4. The fourth-order valence-electron chi connectivity index (χ4n) is 3.11. The van der Waals surface area contributed by atoms with Crippen molar-refractivity contribution in [2.75, 3.05) is 31.9 Å². The highest BCUT2D eigenvalue weighted by Crippen LogP contribution is 2.21. The molecule has 3 rings (SSSR count). The molecule has 150 valence electrons. The molecule has 1 unspecified atom stereocenters. The molecule has 1 aliphatic heterocycles. The number of aromatic nitrogens is 1. The zero-order valence-corrected chi connectivity index (χ0v) is 17.7. The normalized spacial score (nSPS) is 14.9. The van der Waals surface area contributed by atoms with E-state index in [1.807, 2.05) is 41.4 Å². The van der Waals surface area contributed by atoms with Crippen molar-refractivity contribution in [2.24, 2.45) is 0 Å². The minimum Gasteiger partial charge on any atom is -0.399 e. The molecule has 1 aromatic heterocycles. The first-order chi connectivity index (χ1) is 11.6. The van der Waals surface area contributed by atoms with Crippen LogP contribution in [0.15, 0.2) is 48.8 Å². The molecule has 1 fully saturated rings. The maximum Gasteiger partial charge on any atom is 0.227 e. The third-order valence-corrected chi connectivity index (χ3v) is 4.72. The number of benzene rings is 1. The first kappa shape index (κ1) is 25.5. The lowest BCUT2D eigenvalue weighted by Gasteiger charge is -2.38. The molecular weight excluding hydrogens is 407 g/mol. The Bertz CT molecular complexity index is 677. The average molecular weight is 434 g/mol. The Kier molecular flexibility index (Phi) is 11.4. The van der Waals surface area contributed by atoms with Gasteiger partial charge in [0.15, 0.2) is 0 Å². The number of amides is 1.